The van der Waals surface area contributed by atoms with E-state index in [1.54, 1.807) is 0 Å². The van der Waals surface area contributed by atoms with Crippen LogP contribution in [0.2, 0.25) is 0 Å². The molecule has 1 heterocycles. The molecule has 0 aliphatic carbocycles. The zero-order valence-electron chi connectivity index (χ0n) is 16.5. The minimum Gasteiger partial charge on any atom is -0.325 e. The monoisotopic (exact) mass is 613 g/mol. The zero-order valence-corrected chi connectivity index (χ0v) is 19.7. The number of anilines is 1. The van der Waals surface area contributed by atoms with Gasteiger partial charge in [0, 0.05) is 15.1 Å². The fraction of sp³-hybridized carbons (Fsp3) is 0.143. The Hall–Kier alpha value is -2.67. The molecule has 2 aromatic carbocycles. The second-order valence-electron chi connectivity index (χ2n) is 6.83. The molecule has 2 N–H and O–H groups in total. The highest BCUT2D eigenvalue weighted by molar-refractivity contribution is 9.11. The number of urea groups is 1. The summed E-state index contributed by atoms with van der Waals surface area (Å²) in [6, 6.07) is 4.57. The van der Waals surface area contributed by atoms with Gasteiger partial charge in [-0.3, -0.25) is 4.98 Å². The van der Waals surface area contributed by atoms with Crippen LogP contribution in [0, 0.1) is 5.82 Å². The SMILES string of the molecule is O=C(Nc1c(Br)cc(F)cc1Br)N[C@@H](c1ccc(C(F)(F)F)cc1)c1ncccc1C(F)(F)F. The van der Waals surface area contributed by atoms with Crippen LogP contribution < -0.4 is 10.6 Å². The molecule has 4 nitrogen and oxygen atoms in total. The van der Waals surface area contributed by atoms with Gasteiger partial charge in [0.1, 0.15) is 5.82 Å². The molecule has 180 valence electrons. The van der Waals surface area contributed by atoms with Crippen LogP contribution in [-0.4, -0.2) is 11.0 Å². The Balaban J connectivity index is 2.02. The number of pyridine rings is 1. The molecule has 3 aromatic rings. The highest BCUT2D eigenvalue weighted by Gasteiger charge is 2.37. The normalized spacial score (nSPS) is 12.9. The van der Waals surface area contributed by atoms with Crippen molar-refractivity contribution in [3.63, 3.8) is 0 Å². The fourth-order valence-corrected chi connectivity index (χ4v) is 4.33. The standard InChI is InChI=1S/C21H12Br2F7N3O/c22-14-8-12(24)9-15(23)18(14)33-19(34)32-16(10-3-5-11(6-4-10)20(25,26)27)17-13(21(28,29)30)2-1-7-31-17/h1-9,16H,(H2,32,33,34)/t16-/m0/s1. The number of alkyl halides is 6. The van der Waals surface area contributed by atoms with E-state index in [9.17, 15) is 35.5 Å². The number of halogens is 9. The van der Waals surface area contributed by atoms with Gasteiger partial charge in [-0.1, -0.05) is 12.1 Å². The largest absolute Gasteiger partial charge is 0.418 e. The summed E-state index contributed by atoms with van der Waals surface area (Å²) in [5.74, 6) is -0.629. The molecule has 0 spiro atoms. The summed E-state index contributed by atoms with van der Waals surface area (Å²) in [6.45, 7) is 0. The second-order valence-corrected chi connectivity index (χ2v) is 8.54. The van der Waals surface area contributed by atoms with Gasteiger partial charge in [-0.05, 0) is 73.8 Å². The summed E-state index contributed by atoms with van der Waals surface area (Å²) >= 11 is 6.13. The molecule has 0 saturated heterocycles. The second kappa shape index (κ2) is 9.90. The third kappa shape index (κ3) is 6.06. The highest BCUT2D eigenvalue weighted by Crippen LogP contribution is 2.37. The van der Waals surface area contributed by atoms with E-state index >= 15 is 0 Å². The van der Waals surface area contributed by atoms with Crippen LogP contribution in [0.1, 0.15) is 28.4 Å². The van der Waals surface area contributed by atoms with Crippen molar-refractivity contribution in [3.8, 4) is 0 Å². The van der Waals surface area contributed by atoms with Gasteiger partial charge < -0.3 is 10.6 Å². The summed E-state index contributed by atoms with van der Waals surface area (Å²) in [7, 11) is 0. The van der Waals surface area contributed by atoms with E-state index in [0.29, 0.717) is 12.1 Å². The minimum atomic E-state index is -4.85. The first-order valence-electron chi connectivity index (χ1n) is 9.18. The van der Waals surface area contributed by atoms with Gasteiger partial charge in [0.25, 0.3) is 0 Å². The summed E-state index contributed by atoms with van der Waals surface area (Å²) in [5.41, 5.74) is -2.83. The Bertz CT molecular complexity index is 1180. The molecule has 13 heteroatoms. The summed E-state index contributed by atoms with van der Waals surface area (Å²) < 4.78 is 93.4. The number of carbonyl (C=O) groups is 1. The first-order chi connectivity index (χ1) is 15.8. The van der Waals surface area contributed by atoms with Gasteiger partial charge in [0.05, 0.1) is 28.6 Å². The van der Waals surface area contributed by atoms with Crippen LogP contribution in [0.4, 0.5) is 41.2 Å². The Morgan fingerprint density at radius 1 is 0.912 bits per heavy atom. The Labute approximate surface area is 204 Å². The maximum atomic E-state index is 13.6. The topological polar surface area (TPSA) is 54.0 Å². The lowest BCUT2D eigenvalue weighted by Gasteiger charge is -2.23. The van der Waals surface area contributed by atoms with Crippen LogP contribution >= 0.6 is 31.9 Å². The zero-order chi connectivity index (χ0) is 25.3. The van der Waals surface area contributed by atoms with Crippen LogP contribution in [0.15, 0.2) is 63.7 Å². The Morgan fingerprint density at radius 2 is 1.50 bits per heavy atom. The number of hydrogen-bond donors (Lipinski definition) is 2. The number of nitrogens with one attached hydrogen (secondary N) is 2. The quantitative estimate of drug-likeness (QED) is 0.296. The van der Waals surface area contributed by atoms with Gasteiger partial charge in [-0.25, -0.2) is 9.18 Å². The van der Waals surface area contributed by atoms with E-state index in [-0.39, 0.29) is 20.2 Å². The molecule has 1 atom stereocenters. The summed E-state index contributed by atoms with van der Waals surface area (Å²) in [4.78, 5) is 16.4. The maximum Gasteiger partial charge on any atom is 0.418 e. The lowest BCUT2D eigenvalue weighted by atomic mass is 9.98. The van der Waals surface area contributed by atoms with Crippen molar-refractivity contribution in [2.45, 2.75) is 18.4 Å². The average molecular weight is 615 g/mol. The van der Waals surface area contributed by atoms with Gasteiger partial charge in [-0.2, -0.15) is 26.3 Å². The lowest BCUT2D eigenvalue weighted by molar-refractivity contribution is -0.139. The molecule has 1 aromatic heterocycles. The molecule has 3 rings (SSSR count). The number of nitrogens with zero attached hydrogens (tertiary/aromatic N) is 1. The first kappa shape index (κ1) is 25.9. The predicted molar refractivity (Wildman–Crippen MR) is 116 cm³/mol. The highest BCUT2D eigenvalue weighted by atomic mass is 79.9. The Kier molecular flexibility index (Phi) is 7.56. The van der Waals surface area contributed by atoms with Crippen molar-refractivity contribution in [1.29, 1.82) is 0 Å². The van der Waals surface area contributed by atoms with Gasteiger partial charge in [0.2, 0.25) is 0 Å². The van der Waals surface area contributed by atoms with Crippen molar-refractivity contribution in [2.75, 3.05) is 5.32 Å². The van der Waals surface area contributed by atoms with E-state index in [2.05, 4.69) is 47.5 Å². The van der Waals surface area contributed by atoms with E-state index in [1.165, 1.54) is 0 Å². The van der Waals surface area contributed by atoms with Crippen molar-refractivity contribution in [3.05, 3.63) is 91.9 Å². The van der Waals surface area contributed by atoms with E-state index in [4.69, 9.17) is 0 Å². The number of benzene rings is 2. The summed E-state index contributed by atoms with van der Waals surface area (Å²) in [6.07, 6.45) is -8.45. The molecular formula is C21H12Br2F7N3O. The van der Waals surface area contributed by atoms with Gasteiger partial charge >= 0.3 is 18.4 Å². The maximum absolute atomic E-state index is 13.6. The first-order valence-corrected chi connectivity index (χ1v) is 10.8. The lowest BCUT2D eigenvalue weighted by Crippen LogP contribution is -2.35. The molecule has 0 aliphatic rings. The molecule has 0 saturated carbocycles. The van der Waals surface area contributed by atoms with Crippen molar-refractivity contribution in [1.82, 2.24) is 10.3 Å². The average Bonchev–Trinajstić information content (AvgIpc) is 2.73. The van der Waals surface area contributed by atoms with Gasteiger partial charge in [-0.15, -0.1) is 0 Å². The fourth-order valence-electron chi connectivity index (χ4n) is 3.00. The number of aromatic nitrogens is 1. The number of carbonyl (C=O) groups excluding carboxylic acids is 1. The molecular weight excluding hydrogens is 603 g/mol. The van der Waals surface area contributed by atoms with Gasteiger partial charge in [0.15, 0.2) is 0 Å². The van der Waals surface area contributed by atoms with Crippen molar-refractivity contribution in [2.24, 2.45) is 0 Å². The van der Waals surface area contributed by atoms with Crippen molar-refractivity contribution >= 4 is 43.6 Å². The third-order valence-corrected chi connectivity index (χ3v) is 5.76. The van der Waals surface area contributed by atoms with Crippen LogP contribution in [-0.2, 0) is 12.4 Å². The Morgan fingerprint density at radius 3 is 2.03 bits per heavy atom. The predicted octanol–water partition coefficient (Wildman–Crippen LogP) is 7.69. The molecule has 0 radical (unpaired) electrons. The van der Waals surface area contributed by atoms with E-state index < -0.39 is 47.1 Å². The molecule has 2 amide bonds. The van der Waals surface area contributed by atoms with E-state index in [1.807, 2.05) is 0 Å². The molecule has 34 heavy (non-hydrogen) atoms. The summed E-state index contributed by atoms with van der Waals surface area (Å²) in [5, 5.41) is 4.68. The smallest absolute Gasteiger partial charge is 0.325 e. The molecule has 0 fully saturated rings. The molecule has 0 unspecified atom stereocenters. The van der Waals surface area contributed by atoms with Crippen LogP contribution in [0.3, 0.4) is 0 Å². The van der Waals surface area contributed by atoms with Crippen LogP contribution in [0.25, 0.3) is 0 Å². The third-order valence-electron chi connectivity index (χ3n) is 4.51. The number of rotatable bonds is 4. The number of amides is 2. The molecule has 0 bridgehead atoms. The molecule has 0 aliphatic heterocycles. The van der Waals surface area contributed by atoms with E-state index in [0.717, 1.165) is 42.6 Å². The van der Waals surface area contributed by atoms with Crippen molar-refractivity contribution < 1.29 is 35.5 Å². The minimum absolute atomic E-state index is 0.0714. The van der Waals surface area contributed by atoms with Crippen LogP contribution in [0.5, 0.6) is 0 Å². The number of hydrogen-bond acceptors (Lipinski definition) is 2.